The molecule has 0 heterocycles. The minimum absolute atomic E-state index is 0.0783. The molecule has 0 fully saturated rings. The topological polar surface area (TPSA) is 50.4 Å². The summed E-state index contributed by atoms with van der Waals surface area (Å²) in [5.74, 6) is -0.0772. The van der Waals surface area contributed by atoms with Crippen molar-refractivity contribution in [3.63, 3.8) is 0 Å². The molecule has 21 heavy (non-hydrogen) atoms. The molecule has 0 aromatic heterocycles. The molecule has 4 nitrogen and oxygen atoms in total. The van der Waals surface area contributed by atoms with Crippen molar-refractivity contribution in [3.8, 4) is 5.75 Å². The van der Waals surface area contributed by atoms with E-state index < -0.39 is 12.2 Å². The van der Waals surface area contributed by atoms with Crippen LogP contribution >= 0.6 is 0 Å². The summed E-state index contributed by atoms with van der Waals surface area (Å²) in [4.78, 5) is 12.2. The smallest absolute Gasteiger partial charge is 0.387 e. The number of halogens is 2. The predicted molar refractivity (Wildman–Crippen MR) is 77.4 cm³/mol. The van der Waals surface area contributed by atoms with Gasteiger partial charge < -0.3 is 15.4 Å². The lowest BCUT2D eigenvalue weighted by atomic mass is 10.0. The fourth-order valence-electron chi connectivity index (χ4n) is 1.94. The number of likely N-dealkylation sites (N-methyl/N-ethyl adjacent to an activating group) is 1. The Morgan fingerprint density at radius 3 is 2.62 bits per heavy atom. The van der Waals surface area contributed by atoms with Crippen molar-refractivity contribution >= 4 is 5.91 Å². The van der Waals surface area contributed by atoms with E-state index in [2.05, 4.69) is 15.4 Å². The fourth-order valence-corrected chi connectivity index (χ4v) is 1.94. The van der Waals surface area contributed by atoms with Crippen molar-refractivity contribution in [2.45, 2.75) is 45.9 Å². The highest BCUT2D eigenvalue weighted by molar-refractivity contribution is 5.85. The minimum Gasteiger partial charge on any atom is -0.435 e. The maximum absolute atomic E-state index is 12.2. The minimum atomic E-state index is -2.86. The van der Waals surface area contributed by atoms with Crippen molar-refractivity contribution in [1.29, 1.82) is 0 Å². The van der Waals surface area contributed by atoms with Gasteiger partial charge in [-0.15, -0.1) is 0 Å². The first kappa shape index (κ1) is 17.4. The number of rotatable bonds is 7. The van der Waals surface area contributed by atoms with Crippen LogP contribution in [0.4, 0.5) is 8.78 Å². The zero-order valence-corrected chi connectivity index (χ0v) is 12.7. The van der Waals surface area contributed by atoms with Gasteiger partial charge in [-0.25, -0.2) is 0 Å². The highest BCUT2D eigenvalue weighted by atomic mass is 19.3. The average molecular weight is 300 g/mol. The molecule has 118 valence electrons. The molecule has 0 aliphatic rings. The van der Waals surface area contributed by atoms with Gasteiger partial charge in [0.1, 0.15) is 5.75 Å². The molecule has 0 radical (unpaired) electrons. The number of carbonyl (C=O) groups excluding carboxylic acids is 1. The summed E-state index contributed by atoms with van der Waals surface area (Å²) in [7, 11) is 0. The largest absolute Gasteiger partial charge is 0.435 e. The summed E-state index contributed by atoms with van der Waals surface area (Å²) < 4.78 is 28.8. The van der Waals surface area contributed by atoms with E-state index in [-0.39, 0.29) is 17.7 Å². The molecule has 0 saturated carbocycles. The monoisotopic (exact) mass is 300 g/mol. The van der Waals surface area contributed by atoms with Crippen LogP contribution in [-0.2, 0) is 4.79 Å². The highest BCUT2D eigenvalue weighted by Crippen LogP contribution is 2.21. The summed E-state index contributed by atoms with van der Waals surface area (Å²) in [5, 5.41) is 5.94. The van der Waals surface area contributed by atoms with Crippen molar-refractivity contribution in [3.05, 3.63) is 29.8 Å². The lowest BCUT2D eigenvalue weighted by Gasteiger charge is -2.27. The van der Waals surface area contributed by atoms with Crippen LogP contribution in [0.2, 0.25) is 0 Å². The average Bonchev–Trinajstić information content (AvgIpc) is 2.38. The number of ether oxygens (including phenoxy) is 1. The Morgan fingerprint density at radius 1 is 1.38 bits per heavy atom. The van der Waals surface area contributed by atoms with Crippen LogP contribution in [0.25, 0.3) is 0 Å². The summed E-state index contributed by atoms with van der Waals surface area (Å²) >= 11 is 0. The Labute approximate surface area is 123 Å². The molecule has 0 saturated heterocycles. The number of nitrogens with one attached hydrogen (secondary N) is 2. The second-order valence-corrected chi connectivity index (χ2v) is 5.30. The normalized spacial score (nSPS) is 13.1. The molecule has 1 amide bonds. The maximum atomic E-state index is 12.2. The van der Waals surface area contributed by atoms with Gasteiger partial charge in [-0.3, -0.25) is 4.79 Å². The second-order valence-electron chi connectivity index (χ2n) is 5.30. The van der Waals surface area contributed by atoms with Crippen LogP contribution in [0.5, 0.6) is 5.75 Å². The van der Waals surface area contributed by atoms with Gasteiger partial charge in [0.25, 0.3) is 0 Å². The highest BCUT2D eigenvalue weighted by Gasteiger charge is 2.27. The predicted octanol–water partition coefficient (Wildman–Crippen LogP) is 2.85. The lowest BCUT2D eigenvalue weighted by molar-refractivity contribution is -0.127. The molecular formula is C15H22F2N2O2. The Balaban J connectivity index is 2.75. The standard InChI is InChI=1S/C15H22F2N2O2/c1-5-18-15(3,4)13(20)19-10(2)11-7-6-8-12(9-11)21-14(16)17/h6-10,14,18H,5H2,1-4H3,(H,19,20). The van der Waals surface area contributed by atoms with Crippen molar-refractivity contribution in [1.82, 2.24) is 10.6 Å². The van der Waals surface area contributed by atoms with E-state index in [1.165, 1.54) is 12.1 Å². The van der Waals surface area contributed by atoms with Crippen molar-refractivity contribution in [2.75, 3.05) is 6.54 Å². The second kappa shape index (κ2) is 7.36. The fraction of sp³-hybridized carbons (Fsp3) is 0.533. The van der Waals surface area contributed by atoms with Gasteiger partial charge in [-0.2, -0.15) is 8.78 Å². The van der Waals surface area contributed by atoms with E-state index in [1.54, 1.807) is 32.9 Å². The number of hydrogen-bond acceptors (Lipinski definition) is 3. The third kappa shape index (κ3) is 5.30. The molecule has 1 atom stereocenters. The first-order chi connectivity index (χ1) is 9.76. The maximum Gasteiger partial charge on any atom is 0.387 e. The SMILES string of the molecule is CCNC(C)(C)C(=O)NC(C)c1cccc(OC(F)F)c1. The van der Waals surface area contributed by atoms with E-state index in [4.69, 9.17) is 0 Å². The van der Waals surface area contributed by atoms with Crippen LogP contribution in [0.3, 0.4) is 0 Å². The molecule has 0 spiro atoms. The molecule has 0 aliphatic carbocycles. The Bertz CT molecular complexity index is 478. The Hall–Kier alpha value is -1.69. The molecular weight excluding hydrogens is 278 g/mol. The van der Waals surface area contributed by atoms with Gasteiger partial charge in [-0.1, -0.05) is 19.1 Å². The first-order valence-electron chi connectivity index (χ1n) is 6.87. The first-order valence-corrected chi connectivity index (χ1v) is 6.87. The van der Waals surface area contributed by atoms with E-state index in [9.17, 15) is 13.6 Å². The van der Waals surface area contributed by atoms with Gasteiger partial charge in [0.15, 0.2) is 0 Å². The molecule has 0 bridgehead atoms. The number of carbonyl (C=O) groups is 1. The van der Waals surface area contributed by atoms with Crippen LogP contribution in [0.15, 0.2) is 24.3 Å². The van der Waals surface area contributed by atoms with Crippen LogP contribution in [0, 0.1) is 0 Å². The number of hydrogen-bond donors (Lipinski definition) is 2. The summed E-state index contributed by atoms with van der Waals surface area (Å²) in [6, 6.07) is 6.01. The van der Waals surface area contributed by atoms with Gasteiger partial charge in [0.2, 0.25) is 5.91 Å². The molecule has 1 unspecified atom stereocenters. The molecule has 6 heteroatoms. The third-order valence-electron chi connectivity index (χ3n) is 3.12. The molecule has 1 aromatic carbocycles. The Kier molecular flexibility index (Phi) is 6.08. The molecule has 1 aromatic rings. The third-order valence-corrected chi connectivity index (χ3v) is 3.12. The zero-order valence-electron chi connectivity index (χ0n) is 12.7. The van der Waals surface area contributed by atoms with E-state index in [1.807, 2.05) is 6.92 Å². The number of amides is 1. The molecule has 2 N–H and O–H groups in total. The quantitative estimate of drug-likeness (QED) is 0.814. The van der Waals surface area contributed by atoms with Gasteiger partial charge in [0, 0.05) is 0 Å². The summed E-state index contributed by atoms with van der Waals surface area (Å²) in [5.41, 5.74) is 0.00824. The number of alkyl halides is 2. The van der Waals surface area contributed by atoms with Crippen molar-refractivity contribution < 1.29 is 18.3 Å². The van der Waals surface area contributed by atoms with Gasteiger partial charge in [-0.05, 0) is 45.0 Å². The number of benzene rings is 1. The summed E-state index contributed by atoms with van der Waals surface area (Å²) in [6.07, 6.45) is 0. The lowest BCUT2D eigenvalue weighted by Crippen LogP contribution is -2.52. The Morgan fingerprint density at radius 2 is 2.05 bits per heavy atom. The van der Waals surface area contributed by atoms with Gasteiger partial charge in [0.05, 0.1) is 11.6 Å². The van der Waals surface area contributed by atoms with Crippen LogP contribution < -0.4 is 15.4 Å². The summed E-state index contributed by atoms with van der Waals surface area (Å²) in [6.45, 7) is 5.10. The van der Waals surface area contributed by atoms with E-state index in [0.29, 0.717) is 12.1 Å². The molecule has 1 rings (SSSR count). The van der Waals surface area contributed by atoms with Crippen LogP contribution in [-0.4, -0.2) is 24.6 Å². The van der Waals surface area contributed by atoms with Crippen LogP contribution in [0.1, 0.15) is 39.3 Å². The van der Waals surface area contributed by atoms with Gasteiger partial charge >= 0.3 is 6.61 Å². The molecule has 0 aliphatic heterocycles. The van der Waals surface area contributed by atoms with E-state index >= 15 is 0 Å². The van der Waals surface area contributed by atoms with Crippen molar-refractivity contribution in [2.24, 2.45) is 0 Å². The van der Waals surface area contributed by atoms with E-state index in [0.717, 1.165) is 0 Å². The zero-order chi connectivity index (χ0) is 16.0.